The summed E-state index contributed by atoms with van der Waals surface area (Å²) in [6.45, 7) is 3.36. The van der Waals surface area contributed by atoms with Crippen LogP contribution in [0, 0.1) is 12.7 Å². The summed E-state index contributed by atoms with van der Waals surface area (Å²) in [6.07, 6.45) is 1.74. The number of amides is 2. The van der Waals surface area contributed by atoms with Gasteiger partial charge in [0.15, 0.2) is 0 Å². The molecule has 1 N–H and O–H groups in total. The van der Waals surface area contributed by atoms with Gasteiger partial charge in [0.25, 0.3) is 10.0 Å². The number of nitrogens with zero attached hydrogens (tertiary/aromatic N) is 2. The molecule has 0 saturated carbocycles. The molecule has 0 saturated heterocycles. The third-order valence-electron chi connectivity index (χ3n) is 7.63. The summed E-state index contributed by atoms with van der Waals surface area (Å²) < 4.78 is 49.7. The van der Waals surface area contributed by atoms with Crippen molar-refractivity contribution in [2.45, 2.75) is 50.6 Å². The van der Waals surface area contributed by atoms with E-state index in [2.05, 4.69) is 5.32 Å². The monoisotopic (exact) mass is 645 g/mol. The van der Waals surface area contributed by atoms with Crippen LogP contribution in [0.1, 0.15) is 36.5 Å². The Balaban J connectivity index is 1.81. The minimum atomic E-state index is -4.27. The smallest absolute Gasteiger partial charge is 0.264 e. The van der Waals surface area contributed by atoms with Crippen LogP contribution in [-0.4, -0.2) is 51.4 Å². The molecule has 1 atom stereocenters. The summed E-state index contributed by atoms with van der Waals surface area (Å²) in [5.41, 5.74) is 2.06. The van der Waals surface area contributed by atoms with Crippen molar-refractivity contribution in [1.29, 1.82) is 0 Å². The summed E-state index contributed by atoms with van der Waals surface area (Å²) in [5.74, 6) is -1.22. The number of benzene rings is 4. The predicted octanol–water partition coefficient (Wildman–Crippen LogP) is 5.89. The van der Waals surface area contributed by atoms with Gasteiger partial charge in [0, 0.05) is 31.1 Å². The molecule has 0 spiro atoms. The zero-order chi connectivity index (χ0) is 33.1. The first-order chi connectivity index (χ1) is 22.1. The normalized spacial score (nSPS) is 11.8. The second kappa shape index (κ2) is 16.0. The first-order valence-corrected chi connectivity index (χ1v) is 16.7. The van der Waals surface area contributed by atoms with Gasteiger partial charge >= 0.3 is 0 Å². The zero-order valence-electron chi connectivity index (χ0n) is 26.4. The summed E-state index contributed by atoms with van der Waals surface area (Å²) in [6, 6.07) is 26.9. The van der Waals surface area contributed by atoms with E-state index >= 15 is 4.39 Å². The van der Waals surface area contributed by atoms with Gasteiger partial charge in [-0.25, -0.2) is 12.8 Å². The molecular weight excluding hydrogens is 605 g/mol. The van der Waals surface area contributed by atoms with Crippen LogP contribution in [0.2, 0.25) is 0 Å². The summed E-state index contributed by atoms with van der Waals surface area (Å²) >= 11 is 0. The van der Waals surface area contributed by atoms with Gasteiger partial charge in [0.1, 0.15) is 24.2 Å². The van der Waals surface area contributed by atoms with Crippen LogP contribution in [0.4, 0.5) is 10.1 Å². The Labute approximate surface area is 270 Å². The van der Waals surface area contributed by atoms with Gasteiger partial charge in [-0.15, -0.1) is 0 Å². The van der Waals surface area contributed by atoms with E-state index in [0.717, 1.165) is 28.3 Å². The fourth-order valence-corrected chi connectivity index (χ4v) is 6.41. The molecule has 10 heteroatoms. The van der Waals surface area contributed by atoms with Gasteiger partial charge in [-0.1, -0.05) is 85.6 Å². The molecule has 0 fully saturated rings. The molecule has 0 aliphatic rings. The maximum atomic E-state index is 15.0. The lowest BCUT2D eigenvalue weighted by Crippen LogP contribution is -2.53. The van der Waals surface area contributed by atoms with Gasteiger partial charge in [-0.3, -0.25) is 13.9 Å². The number of methoxy groups -OCH3 is 1. The molecule has 4 aromatic carbocycles. The van der Waals surface area contributed by atoms with Crippen molar-refractivity contribution in [2.24, 2.45) is 0 Å². The highest BCUT2D eigenvalue weighted by atomic mass is 32.2. The molecule has 0 aliphatic heterocycles. The van der Waals surface area contributed by atoms with Gasteiger partial charge in [-0.2, -0.15) is 0 Å². The van der Waals surface area contributed by atoms with Crippen LogP contribution in [0.15, 0.2) is 108 Å². The van der Waals surface area contributed by atoms with Crippen molar-refractivity contribution in [3.8, 4) is 5.75 Å². The number of carbonyl (C=O) groups is 2. The fraction of sp³-hybridized carbons (Fsp3) is 0.278. The highest BCUT2D eigenvalue weighted by Gasteiger charge is 2.35. The average Bonchev–Trinajstić information content (AvgIpc) is 3.06. The van der Waals surface area contributed by atoms with Gasteiger partial charge in [0.05, 0.1) is 17.7 Å². The van der Waals surface area contributed by atoms with Gasteiger partial charge in [-0.05, 0) is 49.2 Å². The first kappa shape index (κ1) is 34.2. The number of hydrogen-bond acceptors (Lipinski definition) is 5. The standard InChI is InChI=1S/C36H40FN3O5S/c1-4-5-22-38-36(42)34(23-28-12-7-6-8-13-28)39(25-29-14-9-10-17-33(29)37)35(41)26-40(30-15-11-16-31(24-30)45-3)46(43,44)32-20-18-27(2)19-21-32/h6-21,24,34H,4-5,22-23,25-26H2,1-3H3,(H,38,42). The third kappa shape index (κ3) is 8.72. The Kier molecular flexibility index (Phi) is 11.9. The van der Waals surface area contributed by atoms with Crippen molar-refractivity contribution >= 4 is 27.5 Å². The van der Waals surface area contributed by atoms with Crippen molar-refractivity contribution in [3.63, 3.8) is 0 Å². The molecule has 0 aromatic heterocycles. The molecule has 0 heterocycles. The number of rotatable bonds is 15. The Morgan fingerprint density at radius 3 is 2.28 bits per heavy atom. The van der Waals surface area contributed by atoms with Crippen LogP contribution < -0.4 is 14.4 Å². The average molecular weight is 646 g/mol. The number of halogens is 1. The minimum Gasteiger partial charge on any atom is -0.497 e. The highest BCUT2D eigenvalue weighted by Crippen LogP contribution is 2.28. The molecule has 242 valence electrons. The van der Waals surface area contributed by atoms with E-state index in [1.807, 2.05) is 44.2 Å². The van der Waals surface area contributed by atoms with E-state index in [-0.39, 0.29) is 29.1 Å². The van der Waals surface area contributed by atoms with Crippen LogP contribution in [0.25, 0.3) is 0 Å². The lowest BCUT2D eigenvalue weighted by atomic mass is 10.0. The Morgan fingerprint density at radius 2 is 1.61 bits per heavy atom. The fourth-order valence-electron chi connectivity index (χ4n) is 5.00. The largest absolute Gasteiger partial charge is 0.497 e. The summed E-state index contributed by atoms with van der Waals surface area (Å²) in [5, 5.41) is 2.93. The number of nitrogens with one attached hydrogen (secondary N) is 1. The van der Waals surface area contributed by atoms with Crippen molar-refractivity contribution in [1.82, 2.24) is 10.2 Å². The molecule has 0 aliphatic carbocycles. The predicted molar refractivity (Wildman–Crippen MR) is 178 cm³/mol. The molecule has 0 radical (unpaired) electrons. The number of ether oxygens (including phenoxy) is 1. The van der Waals surface area contributed by atoms with E-state index in [1.165, 1.54) is 36.3 Å². The molecular formula is C36H40FN3O5S. The quantitative estimate of drug-likeness (QED) is 0.163. The molecule has 4 rings (SSSR count). The van der Waals surface area contributed by atoms with E-state index in [9.17, 15) is 18.0 Å². The summed E-state index contributed by atoms with van der Waals surface area (Å²) in [7, 11) is -2.81. The molecule has 8 nitrogen and oxygen atoms in total. The SMILES string of the molecule is CCCCNC(=O)C(Cc1ccccc1)N(Cc1ccccc1F)C(=O)CN(c1cccc(OC)c1)S(=O)(=O)c1ccc(C)cc1. The first-order valence-electron chi connectivity index (χ1n) is 15.2. The maximum absolute atomic E-state index is 15.0. The van der Waals surface area contributed by atoms with Crippen molar-refractivity contribution < 1.29 is 27.1 Å². The second-order valence-electron chi connectivity index (χ2n) is 11.0. The van der Waals surface area contributed by atoms with E-state index in [0.29, 0.717) is 12.3 Å². The zero-order valence-corrected chi connectivity index (χ0v) is 27.2. The molecule has 4 aromatic rings. The van der Waals surface area contributed by atoms with Gasteiger partial charge in [0.2, 0.25) is 11.8 Å². The third-order valence-corrected chi connectivity index (χ3v) is 9.42. The van der Waals surface area contributed by atoms with Crippen LogP contribution in [0.5, 0.6) is 5.75 Å². The topological polar surface area (TPSA) is 96.0 Å². The molecule has 0 bridgehead atoms. The number of anilines is 1. The van der Waals surface area contributed by atoms with Crippen LogP contribution >= 0.6 is 0 Å². The Morgan fingerprint density at radius 1 is 0.913 bits per heavy atom. The van der Waals surface area contributed by atoms with E-state index in [4.69, 9.17) is 4.74 Å². The highest BCUT2D eigenvalue weighted by molar-refractivity contribution is 7.92. The Hall–Kier alpha value is -4.70. The number of aryl methyl sites for hydroxylation is 1. The number of unbranched alkanes of at least 4 members (excludes halogenated alkanes) is 1. The lowest BCUT2D eigenvalue weighted by Gasteiger charge is -2.34. The summed E-state index contributed by atoms with van der Waals surface area (Å²) in [4.78, 5) is 29.5. The van der Waals surface area contributed by atoms with Crippen LogP contribution in [-0.2, 0) is 32.6 Å². The molecule has 1 unspecified atom stereocenters. The van der Waals surface area contributed by atoms with Crippen LogP contribution in [0.3, 0.4) is 0 Å². The Bertz CT molecular complexity index is 1720. The number of hydrogen-bond donors (Lipinski definition) is 1. The second-order valence-corrected chi connectivity index (χ2v) is 12.9. The molecule has 2 amide bonds. The van der Waals surface area contributed by atoms with Crippen molar-refractivity contribution in [2.75, 3.05) is 24.5 Å². The van der Waals surface area contributed by atoms with E-state index in [1.54, 1.807) is 48.5 Å². The van der Waals surface area contributed by atoms with Gasteiger partial charge < -0.3 is 15.0 Å². The molecule has 46 heavy (non-hydrogen) atoms. The van der Waals surface area contributed by atoms with Crippen molar-refractivity contribution in [3.05, 3.63) is 126 Å². The van der Waals surface area contributed by atoms with E-state index < -0.39 is 40.2 Å². The maximum Gasteiger partial charge on any atom is 0.264 e. The number of carbonyl (C=O) groups excluding carboxylic acids is 2. The number of sulfonamides is 1. The lowest BCUT2D eigenvalue weighted by molar-refractivity contribution is -0.140. The minimum absolute atomic E-state index is 0.00693.